The highest BCUT2D eigenvalue weighted by Gasteiger charge is 2.20. The average Bonchev–Trinajstić information content (AvgIpc) is 3.24. The van der Waals surface area contributed by atoms with Crippen LogP contribution in [0.25, 0.3) is 11.3 Å². The summed E-state index contributed by atoms with van der Waals surface area (Å²) >= 11 is 0. The van der Waals surface area contributed by atoms with Crippen LogP contribution in [0.3, 0.4) is 0 Å². The number of allylic oxidation sites excluding steroid dienone is 1. The monoisotopic (exact) mass is 566 g/mol. The Kier molecular flexibility index (Phi) is 10.4. The summed E-state index contributed by atoms with van der Waals surface area (Å²) in [4.78, 5) is 26.2. The molecule has 1 unspecified atom stereocenters. The van der Waals surface area contributed by atoms with Gasteiger partial charge in [-0.05, 0) is 93.9 Å². The Bertz CT molecular complexity index is 1390. The Hall–Kier alpha value is -4.01. The first kappa shape index (κ1) is 29.5. The number of hydrogen-bond acceptors (Lipinski definition) is 8. The summed E-state index contributed by atoms with van der Waals surface area (Å²) in [5, 5.41) is 7.09. The molecule has 0 aliphatic carbocycles. The first-order chi connectivity index (χ1) is 20.6. The molecule has 1 aromatic heterocycles. The molecular formula is C34H42N6O2. The first-order valence-electron chi connectivity index (χ1n) is 15.0. The Morgan fingerprint density at radius 2 is 2.10 bits per heavy atom. The maximum absolute atomic E-state index is 12.1. The maximum Gasteiger partial charge on any atom is 0.227 e. The quantitative estimate of drug-likeness (QED) is 0.281. The average molecular weight is 567 g/mol. The molecule has 0 radical (unpaired) electrons. The summed E-state index contributed by atoms with van der Waals surface area (Å²) < 4.78 is 5.98. The first-order valence-corrected chi connectivity index (χ1v) is 15.0. The van der Waals surface area contributed by atoms with Gasteiger partial charge in [0.1, 0.15) is 5.75 Å². The van der Waals surface area contributed by atoms with Gasteiger partial charge in [0, 0.05) is 55.2 Å². The zero-order valence-electron chi connectivity index (χ0n) is 24.6. The summed E-state index contributed by atoms with van der Waals surface area (Å²) in [5.74, 6) is 1.69. The Morgan fingerprint density at radius 1 is 1.17 bits per heavy atom. The van der Waals surface area contributed by atoms with E-state index in [1.54, 1.807) is 6.20 Å². The highest BCUT2D eigenvalue weighted by molar-refractivity contribution is 5.91. The molecule has 2 aliphatic heterocycles. The predicted molar refractivity (Wildman–Crippen MR) is 170 cm³/mol. The number of likely N-dealkylation sites (N-methyl/N-ethyl adjacent to an activating group) is 1. The van der Waals surface area contributed by atoms with Gasteiger partial charge in [-0.25, -0.2) is 9.97 Å². The number of likely N-dealkylation sites (tertiary alicyclic amines) is 1. The fourth-order valence-electron chi connectivity index (χ4n) is 5.59. The molecule has 1 atom stereocenters. The van der Waals surface area contributed by atoms with Crippen molar-refractivity contribution in [1.82, 2.24) is 19.8 Å². The van der Waals surface area contributed by atoms with Crippen molar-refractivity contribution < 1.29 is 9.53 Å². The van der Waals surface area contributed by atoms with Crippen molar-refractivity contribution in [2.75, 3.05) is 57.0 Å². The topological polar surface area (TPSA) is 82.6 Å². The van der Waals surface area contributed by atoms with E-state index in [0.717, 1.165) is 93.3 Å². The molecule has 6 bridgehead atoms. The van der Waals surface area contributed by atoms with Crippen LogP contribution in [-0.4, -0.2) is 71.9 Å². The number of hydrogen-bond donors (Lipinski definition) is 2. The molecule has 0 amide bonds. The van der Waals surface area contributed by atoms with E-state index in [2.05, 4.69) is 69.4 Å². The standard InChI is InChI=1S/C34H42N6O2/c1-3-33(41)27-10-8-17-40(18-13-27)19-15-35-29-21-26-22-30(24-29)37-34-36-14-12-32(38-34)28-9-7-11-31(23-28)42-20-6-4-5-16-39(2)25-26/h3-5,7,9,11-12,14,21-24,27,35H,1,6,8,10,13,15-20,25H2,2H3,(H,36,37,38)/b5-4+. The van der Waals surface area contributed by atoms with E-state index >= 15 is 0 Å². The summed E-state index contributed by atoms with van der Waals surface area (Å²) in [7, 11) is 2.13. The smallest absolute Gasteiger partial charge is 0.227 e. The molecule has 1 saturated heterocycles. The van der Waals surface area contributed by atoms with E-state index in [9.17, 15) is 4.79 Å². The van der Waals surface area contributed by atoms with E-state index < -0.39 is 0 Å². The minimum atomic E-state index is 0.124. The van der Waals surface area contributed by atoms with Crippen LogP contribution >= 0.6 is 0 Å². The molecular weight excluding hydrogens is 524 g/mol. The van der Waals surface area contributed by atoms with Gasteiger partial charge >= 0.3 is 0 Å². The van der Waals surface area contributed by atoms with E-state index in [-0.39, 0.29) is 11.7 Å². The highest BCUT2D eigenvalue weighted by Crippen LogP contribution is 2.26. The minimum Gasteiger partial charge on any atom is -0.493 e. The van der Waals surface area contributed by atoms with E-state index in [4.69, 9.17) is 9.72 Å². The third kappa shape index (κ3) is 8.50. The number of ketones is 1. The van der Waals surface area contributed by atoms with Gasteiger partial charge < -0.3 is 20.3 Å². The Morgan fingerprint density at radius 3 is 3.00 bits per heavy atom. The lowest BCUT2D eigenvalue weighted by Crippen LogP contribution is -2.30. The molecule has 2 aliphatic rings. The molecule has 1 fully saturated rings. The lowest BCUT2D eigenvalue weighted by Gasteiger charge is -2.21. The fraction of sp³-hybridized carbons (Fsp3) is 0.382. The van der Waals surface area contributed by atoms with Crippen molar-refractivity contribution in [1.29, 1.82) is 0 Å². The second-order valence-electron chi connectivity index (χ2n) is 11.1. The van der Waals surface area contributed by atoms with Crippen LogP contribution in [0.4, 0.5) is 17.3 Å². The van der Waals surface area contributed by atoms with E-state index in [1.807, 2.05) is 30.3 Å². The highest BCUT2D eigenvalue weighted by atomic mass is 16.5. The molecule has 8 nitrogen and oxygen atoms in total. The maximum atomic E-state index is 12.1. The SMILES string of the molecule is C=CC(=O)C1CCCN(CCNc2cc3cc(c2)Nc2nccc(n2)-c2cccc(c2)OCC/C=C/CN(C)C3)CC1. The summed E-state index contributed by atoms with van der Waals surface area (Å²) in [6, 6.07) is 16.5. The van der Waals surface area contributed by atoms with Crippen molar-refractivity contribution in [3.8, 4) is 17.0 Å². The zero-order chi connectivity index (χ0) is 29.1. The number of aromatic nitrogens is 2. The van der Waals surface area contributed by atoms with Crippen LogP contribution in [0.5, 0.6) is 5.75 Å². The molecule has 220 valence electrons. The number of nitrogens with one attached hydrogen (secondary N) is 2. The normalized spacial score (nSPS) is 19.2. The number of carbonyl (C=O) groups is 1. The summed E-state index contributed by atoms with van der Waals surface area (Å²) in [6.07, 6.45) is 11.4. The number of carbonyl (C=O) groups excluding carboxylic acids is 1. The number of anilines is 3. The molecule has 3 aromatic rings. The minimum absolute atomic E-state index is 0.124. The van der Waals surface area contributed by atoms with Crippen molar-refractivity contribution >= 4 is 23.1 Å². The number of benzene rings is 2. The zero-order valence-corrected chi connectivity index (χ0v) is 24.6. The molecule has 2 N–H and O–H groups in total. The predicted octanol–water partition coefficient (Wildman–Crippen LogP) is 5.93. The van der Waals surface area contributed by atoms with Crippen LogP contribution in [0.15, 0.2) is 79.5 Å². The second kappa shape index (κ2) is 14.8. The molecule has 3 heterocycles. The van der Waals surface area contributed by atoms with Gasteiger partial charge in [0.2, 0.25) is 5.95 Å². The Labute approximate surface area is 249 Å². The van der Waals surface area contributed by atoms with Crippen molar-refractivity contribution in [2.45, 2.75) is 32.2 Å². The van der Waals surface area contributed by atoms with Crippen molar-refractivity contribution in [2.24, 2.45) is 5.92 Å². The molecule has 5 rings (SSSR count). The van der Waals surface area contributed by atoms with Gasteiger partial charge in [-0.1, -0.05) is 30.9 Å². The lowest BCUT2D eigenvalue weighted by atomic mass is 9.96. The van der Waals surface area contributed by atoms with Crippen LogP contribution in [0.1, 0.15) is 31.2 Å². The third-order valence-electron chi connectivity index (χ3n) is 7.81. The number of rotatable bonds is 6. The van der Waals surface area contributed by atoms with Crippen LogP contribution in [0.2, 0.25) is 0 Å². The molecule has 0 spiro atoms. The van der Waals surface area contributed by atoms with Gasteiger partial charge in [0.05, 0.1) is 12.3 Å². The lowest BCUT2D eigenvalue weighted by molar-refractivity contribution is -0.118. The van der Waals surface area contributed by atoms with Crippen LogP contribution in [0, 0.1) is 5.92 Å². The van der Waals surface area contributed by atoms with Gasteiger partial charge in [-0.3, -0.25) is 9.69 Å². The van der Waals surface area contributed by atoms with Crippen LogP contribution < -0.4 is 15.4 Å². The summed E-state index contributed by atoms with van der Waals surface area (Å²) in [6.45, 7) is 9.68. The van der Waals surface area contributed by atoms with Gasteiger partial charge in [-0.2, -0.15) is 0 Å². The molecule has 2 aromatic carbocycles. The second-order valence-corrected chi connectivity index (χ2v) is 11.1. The number of fused-ring (bicyclic) bond motifs is 7. The molecule has 0 saturated carbocycles. The molecule has 8 heteroatoms. The van der Waals surface area contributed by atoms with Crippen LogP contribution in [-0.2, 0) is 11.3 Å². The van der Waals surface area contributed by atoms with Gasteiger partial charge in [0.15, 0.2) is 5.78 Å². The van der Waals surface area contributed by atoms with Crippen molar-refractivity contribution in [3.63, 3.8) is 0 Å². The fourth-order valence-corrected chi connectivity index (χ4v) is 5.59. The van der Waals surface area contributed by atoms with E-state index in [0.29, 0.717) is 12.6 Å². The van der Waals surface area contributed by atoms with E-state index in [1.165, 1.54) is 11.6 Å². The van der Waals surface area contributed by atoms with Gasteiger partial charge in [0.25, 0.3) is 0 Å². The third-order valence-corrected chi connectivity index (χ3v) is 7.81. The van der Waals surface area contributed by atoms with Crippen molar-refractivity contribution in [3.05, 3.63) is 85.1 Å². The number of nitrogens with zero attached hydrogens (tertiary/aromatic N) is 4. The Balaban J connectivity index is 1.32. The molecule has 42 heavy (non-hydrogen) atoms. The van der Waals surface area contributed by atoms with Gasteiger partial charge in [-0.15, -0.1) is 0 Å². The number of ether oxygens (including phenoxy) is 1. The summed E-state index contributed by atoms with van der Waals surface area (Å²) in [5.41, 5.74) is 5.02. The largest absolute Gasteiger partial charge is 0.493 e.